The fraction of sp³-hybridized carbons (Fsp3) is 0.530. The molecular weight excluding hydrogens is 1060 g/mol. The van der Waals surface area contributed by atoms with Gasteiger partial charge in [0.15, 0.2) is 0 Å². The quantitative estimate of drug-likeness (QED) is 0.0508. The fourth-order valence-corrected chi connectivity index (χ4v) is 12.6. The molecule has 18 heteroatoms. The SMILES string of the molecule is CN[C@@H](C)C(=O)N[C@H](C(=O)N1C[C@@H](OC)CC1CN(CCc1ccccc1)C(=O)CNC(=O)c1ccc(-c2ccc(C(=O)NCC(=O)N(CCc3ccccc3)CC3C[C@H](OC)CN3C(=O)[C@@H](N)C3CCCCC3)cc2)cc1)C1CCCCC1. The number of ether oxygens (including phenoxy) is 2. The molecule has 4 aromatic rings. The van der Waals surface area contributed by atoms with Crippen LogP contribution in [-0.2, 0) is 46.3 Å². The normalized spacial score (nSPS) is 20.3. The summed E-state index contributed by atoms with van der Waals surface area (Å²) in [6, 6.07) is 31.3. The van der Waals surface area contributed by atoms with Gasteiger partial charge < -0.3 is 56.1 Å². The summed E-state index contributed by atoms with van der Waals surface area (Å²) in [6.07, 6.45) is 11.8. The first-order valence-electron chi connectivity index (χ1n) is 30.5. The first-order chi connectivity index (χ1) is 40.7. The topological polar surface area (TPSA) is 225 Å². The van der Waals surface area contributed by atoms with E-state index < -0.39 is 29.9 Å². The van der Waals surface area contributed by atoms with E-state index in [1.807, 2.05) is 65.6 Å². The molecule has 4 fully saturated rings. The van der Waals surface area contributed by atoms with Crippen molar-refractivity contribution in [1.82, 2.24) is 40.9 Å². The van der Waals surface area contributed by atoms with Crippen molar-refractivity contribution in [1.29, 1.82) is 0 Å². The molecule has 2 heterocycles. The van der Waals surface area contributed by atoms with Gasteiger partial charge in [0.05, 0.1) is 49.5 Å². The van der Waals surface area contributed by atoms with E-state index in [9.17, 15) is 33.6 Å². The van der Waals surface area contributed by atoms with Crippen LogP contribution in [0.25, 0.3) is 11.1 Å². The van der Waals surface area contributed by atoms with Crippen molar-refractivity contribution in [2.24, 2.45) is 17.6 Å². The number of likely N-dealkylation sites (N-methyl/N-ethyl adjacent to an activating group) is 1. The first-order valence-corrected chi connectivity index (χ1v) is 30.5. The number of carbonyl (C=O) groups excluding carboxylic acids is 7. The zero-order valence-electron chi connectivity index (χ0n) is 49.7. The summed E-state index contributed by atoms with van der Waals surface area (Å²) in [5, 5.41) is 11.7. The molecule has 452 valence electrons. The van der Waals surface area contributed by atoms with Crippen LogP contribution in [0.4, 0.5) is 0 Å². The van der Waals surface area contributed by atoms with Gasteiger partial charge >= 0.3 is 0 Å². The average molecular weight is 1150 g/mol. The minimum Gasteiger partial charge on any atom is -0.380 e. The van der Waals surface area contributed by atoms with Crippen molar-refractivity contribution in [2.45, 2.75) is 139 Å². The van der Waals surface area contributed by atoms with Crippen molar-refractivity contribution >= 4 is 41.4 Å². The highest BCUT2D eigenvalue weighted by molar-refractivity contribution is 5.98. The standard InChI is InChI=1S/C66H89N9O9/c1-45(68-2)62(78)71-61(51-23-15-8-16-24-51)66(82)75-44-57(84-4)38-55(75)42-73(36-34-47-19-11-6-12-20-47)59(77)40-70-64(80)53-31-27-49(28-32-53)48-25-29-52(30-26-48)63(79)69-39-58(76)72(35-33-46-17-9-5-10-18-46)41-54-37-56(83-3)43-74(54)65(81)60(67)50-21-13-7-14-22-50/h5-6,9-12,17-20,25-32,45,50-51,54-57,60-61,68H,7-8,13-16,21-24,33-44,67H2,1-4H3,(H,69,79)(H,70,80)(H,71,78)/t45-,54?,55?,56-,57-,60-,61-/m0/s1. The molecule has 0 radical (unpaired) electrons. The molecular formula is C66H89N9O9. The lowest BCUT2D eigenvalue weighted by molar-refractivity contribution is -0.141. The second-order valence-corrected chi connectivity index (χ2v) is 23.5. The number of nitrogens with two attached hydrogens (primary N) is 1. The maximum atomic E-state index is 14.7. The number of hydrogen-bond donors (Lipinski definition) is 5. The highest BCUT2D eigenvalue weighted by Gasteiger charge is 2.44. The predicted octanol–water partition coefficient (Wildman–Crippen LogP) is 5.77. The van der Waals surface area contributed by atoms with Crippen molar-refractivity contribution in [3.05, 3.63) is 131 Å². The van der Waals surface area contributed by atoms with Crippen LogP contribution in [-0.4, -0.2) is 177 Å². The van der Waals surface area contributed by atoms with Crippen LogP contribution in [0.1, 0.15) is 116 Å². The maximum absolute atomic E-state index is 14.7. The van der Waals surface area contributed by atoms with E-state index in [4.69, 9.17) is 15.2 Å². The first kappa shape index (κ1) is 63.0. The summed E-state index contributed by atoms with van der Waals surface area (Å²) in [7, 11) is 4.99. The number of carbonyl (C=O) groups is 7. The molecule has 7 amide bonds. The van der Waals surface area contributed by atoms with Gasteiger partial charge in [-0.1, -0.05) is 123 Å². The fourth-order valence-electron chi connectivity index (χ4n) is 12.6. The van der Waals surface area contributed by atoms with E-state index in [2.05, 4.69) is 21.3 Å². The Hall–Kier alpha value is -6.99. The Balaban J connectivity index is 0.873. The Morgan fingerprint density at radius 3 is 1.40 bits per heavy atom. The van der Waals surface area contributed by atoms with Crippen LogP contribution < -0.4 is 27.0 Å². The minimum atomic E-state index is -0.698. The zero-order chi connectivity index (χ0) is 59.5. The Bertz CT molecular complexity index is 2790. The number of nitrogens with zero attached hydrogens (tertiary/aromatic N) is 4. The van der Waals surface area contributed by atoms with Gasteiger partial charge in [-0.05, 0) is 124 Å². The van der Waals surface area contributed by atoms with Gasteiger partial charge in [-0.2, -0.15) is 0 Å². The monoisotopic (exact) mass is 1150 g/mol. The molecule has 7 atom stereocenters. The molecule has 0 aromatic heterocycles. The molecule has 4 aromatic carbocycles. The van der Waals surface area contributed by atoms with Gasteiger partial charge in [0.25, 0.3) is 11.8 Å². The van der Waals surface area contributed by atoms with Crippen LogP contribution in [0.3, 0.4) is 0 Å². The second kappa shape index (κ2) is 31.2. The third kappa shape index (κ3) is 17.1. The molecule has 2 aliphatic heterocycles. The summed E-state index contributed by atoms with van der Waals surface area (Å²) in [4.78, 5) is 105. The molecule has 0 bridgehead atoms. The highest BCUT2D eigenvalue weighted by atomic mass is 16.5. The Morgan fingerprint density at radius 2 is 0.988 bits per heavy atom. The van der Waals surface area contributed by atoms with Gasteiger partial charge in [-0.25, -0.2) is 0 Å². The number of methoxy groups -OCH3 is 2. The summed E-state index contributed by atoms with van der Waals surface area (Å²) in [5.41, 5.74) is 11.1. The molecule has 2 saturated carbocycles. The van der Waals surface area contributed by atoms with Crippen molar-refractivity contribution in [2.75, 3.05) is 73.6 Å². The van der Waals surface area contributed by atoms with E-state index in [0.29, 0.717) is 63.0 Å². The van der Waals surface area contributed by atoms with Crippen LogP contribution in [0.5, 0.6) is 0 Å². The van der Waals surface area contributed by atoms with Crippen LogP contribution >= 0.6 is 0 Å². The van der Waals surface area contributed by atoms with Gasteiger partial charge in [0.2, 0.25) is 29.5 Å². The molecule has 2 unspecified atom stereocenters. The van der Waals surface area contributed by atoms with E-state index in [0.717, 1.165) is 86.5 Å². The minimum absolute atomic E-state index is 0.00200. The Kier molecular flexibility index (Phi) is 23.4. The molecule has 4 aliphatic rings. The second-order valence-electron chi connectivity index (χ2n) is 23.5. The van der Waals surface area contributed by atoms with Crippen LogP contribution in [0.15, 0.2) is 109 Å². The Morgan fingerprint density at radius 1 is 0.571 bits per heavy atom. The van der Waals surface area contributed by atoms with Crippen molar-refractivity contribution in [3.8, 4) is 11.1 Å². The van der Waals surface area contributed by atoms with E-state index in [1.54, 1.807) is 91.4 Å². The predicted molar refractivity (Wildman–Crippen MR) is 323 cm³/mol. The largest absolute Gasteiger partial charge is 0.380 e. The Labute approximate surface area is 496 Å². The van der Waals surface area contributed by atoms with Gasteiger partial charge in [0.1, 0.15) is 6.04 Å². The molecule has 6 N–H and O–H groups in total. The number of benzene rings is 4. The third-order valence-electron chi connectivity index (χ3n) is 18.0. The van der Waals surface area contributed by atoms with Gasteiger partial charge in [0, 0.05) is 64.6 Å². The molecule has 0 spiro atoms. The average Bonchev–Trinajstić information content (AvgIpc) is 3.84. The van der Waals surface area contributed by atoms with E-state index in [-0.39, 0.29) is 91.8 Å². The molecule has 2 aliphatic carbocycles. The van der Waals surface area contributed by atoms with E-state index >= 15 is 0 Å². The van der Waals surface area contributed by atoms with E-state index in [1.165, 1.54) is 0 Å². The molecule has 18 nitrogen and oxygen atoms in total. The smallest absolute Gasteiger partial charge is 0.251 e. The lowest BCUT2D eigenvalue weighted by Gasteiger charge is -2.36. The van der Waals surface area contributed by atoms with Crippen molar-refractivity contribution < 1.29 is 43.0 Å². The number of amides is 7. The summed E-state index contributed by atoms with van der Waals surface area (Å²) in [6.45, 7) is 3.28. The summed E-state index contributed by atoms with van der Waals surface area (Å²) >= 11 is 0. The molecule has 2 saturated heterocycles. The highest BCUT2D eigenvalue weighted by Crippen LogP contribution is 2.32. The number of nitrogens with one attached hydrogen (secondary N) is 4. The molecule has 84 heavy (non-hydrogen) atoms. The number of likely N-dealkylation sites (tertiary alicyclic amines) is 2. The summed E-state index contributed by atoms with van der Waals surface area (Å²) < 4.78 is 11.6. The van der Waals surface area contributed by atoms with Gasteiger partial charge in [-0.15, -0.1) is 0 Å². The molecule has 8 rings (SSSR count). The maximum Gasteiger partial charge on any atom is 0.251 e. The van der Waals surface area contributed by atoms with Crippen LogP contribution in [0, 0.1) is 11.8 Å². The number of rotatable bonds is 26. The third-order valence-corrected chi connectivity index (χ3v) is 18.0. The van der Waals surface area contributed by atoms with Crippen molar-refractivity contribution in [3.63, 3.8) is 0 Å². The zero-order valence-corrected chi connectivity index (χ0v) is 49.7. The van der Waals surface area contributed by atoms with Gasteiger partial charge in [-0.3, -0.25) is 33.6 Å². The lowest BCUT2D eigenvalue weighted by Crippen LogP contribution is -2.58. The number of hydrogen-bond acceptors (Lipinski definition) is 11. The summed E-state index contributed by atoms with van der Waals surface area (Å²) in [5.74, 6) is -1.74. The lowest BCUT2D eigenvalue weighted by atomic mass is 9.83. The van der Waals surface area contributed by atoms with Crippen LogP contribution in [0.2, 0.25) is 0 Å².